The number of carbonyl (C=O) groups is 1. The summed E-state index contributed by atoms with van der Waals surface area (Å²) in [6.07, 6.45) is 0. The van der Waals surface area contributed by atoms with Gasteiger partial charge in [-0.2, -0.15) is 8.78 Å². The van der Waals surface area contributed by atoms with Crippen molar-refractivity contribution < 1.29 is 27.8 Å². The Morgan fingerprint density at radius 3 is 2.57 bits per heavy atom. The molecule has 1 heterocycles. The van der Waals surface area contributed by atoms with E-state index >= 15 is 0 Å². The predicted molar refractivity (Wildman–Crippen MR) is 99.9 cm³/mol. The zero-order chi connectivity index (χ0) is 20.7. The van der Waals surface area contributed by atoms with Crippen LogP contribution < -0.4 is 30.2 Å². The summed E-state index contributed by atoms with van der Waals surface area (Å²) in [5, 5.41) is 8.77. The average molecular weight is 400 g/mol. The van der Waals surface area contributed by atoms with Crippen LogP contribution >= 0.6 is 0 Å². The van der Waals surface area contributed by atoms with E-state index in [0.717, 1.165) is 0 Å². The number of rotatable bonds is 8. The monoisotopic (exact) mass is 400 g/mol. The van der Waals surface area contributed by atoms with Crippen LogP contribution in [-0.4, -0.2) is 45.4 Å². The second-order valence-electron chi connectivity index (χ2n) is 6.70. The first-order chi connectivity index (χ1) is 13.3. The Morgan fingerprint density at radius 2 is 1.96 bits per heavy atom. The number of hydrogen-bond donors (Lipinski definition) is 3. The first-order valence-electron chi connectivity index (χ1n) is 8.88. The molecule has 0 aliphatic carbocycles. The van der Waals surface area contributed by atoms with Gasteiger partial charge in [0.15, 0.2) is 17.5 Å². The third kappa shape index (κ3) is 5.61. The molecule has 1 aliphatic rings. The van der Waals surface area contributed by atoms with E-state index < -0.39 is 12.0 Å². The van der Waals surface area contributed by atoms with Crippen molar-refractivity contribution >= 4 is 11.9 Å². The van der Waals surface area contributed by atoms with Crippen molar-refractivity contribution in [3.63, 3.8) is 0 Å². The predicted octanol–water partition coefficient (Wildman–Crippen LogP) is 1.84. The number of nitrogens with zero attached hydrogens (tertiary/aromatic N) is 1. The lowest BCUT2D eigenvalue weighted by Gasteiger charge is -2.24. The highest BCUT2D eigenvalue weighted by molar-refractivity contribution is 5.84. The maximum Gasteiger partial charge on any atom is 0.387 e. The molecule has 2 rings (SSSR count). The summed E-state index contributed by atoms with van der Waals surface area (Å²) >= 11 is 0. The maximum absolute atomic E-state index is 12.7. The summed E-state index contributed by atoms with van der Waals surface area (Å²) in [6, 6.07) is 2.94. The van der Waals surface area contributed by atoms with Crippen molar-refractivity contribution in [1.29, 1.82) is 0 Å². The van der Waals surface area contributed by atoms with Crippen LogP contribution in [0, 0.1) is 5.41 Å². The molecular formula is C18H26F2N4O4. The molecule has 3 N–H and O–H groups in total. The van der Waals surface area contributed by atoms with Crippen molar-refractivity contribution in [3.05, 3.63) is 17.7 Å². The lowest BCUT2D eigenvalue weighted by molar-refractivity contribution is -0.128. The fraction of sp³-hybridized carbons (Fsp3) is 0.556. The van der Waals surface area contributed by atoms with Crippen molar-refractivity contribution in [1.82, 2.24) is 16.0 Å². The molecule has 0 saturated heterocycles. The summed E-state index contributed by atoms with van der Waals surface area (Å²) in [6.45, 7) is 3.54. The summed E-state index contributed by atoms with van der Waals surface area (Å²) in [5.41, 5.74) is -0.236. The Hall–Kier alpha value is -2.78. The van der Waals surface area contributed by atoms with Gasteiger partial charge in [-0.05, 0) is 26.8 Å². The molecule has 0 aromatic heterocycles. The fourth-order valence-corrected chi connectivity index (χ4v) is 2.52. The van der Waals surface area contributed by atoms with Crippen LogP contribution in [0.3, 0.4) is 0 Å². The Balaban J connectivity index is 2.16. The van der Waals surface area contributed by atoms with Gasteiger partial charge in [0.1, 0.15) is 5.75 Å². The molecule has 0 unspecified atom stereocenters. The average Bonchev–Trinajstić information content (AvgIpc) is 3.09. The Kier molecular flexibility index (Phi) is 7.24. The summed E-state index contributed by atoms with van der Waals surface area (Å²) in [7, 11) is 1.58. The molecule has 0 spiro atoms. The number of fused-ring (bicyclic) bond motifs is 1. The third-order valence-electron chi connectivity index (χ3n) is 4.06. The molecule has 8 nitrogen and oxygen atoms in total. The molecule has 0 bridgehead atoms. The molecule has 28 heavy (non-hydrogen) atoms. The molecule has 0 saturated carbocycles. The van der Waals surface area contributed by atoms with Crippen LogP contribution in [0.4, 0.5) is 8.78 Å². The van der Waals surface area contributed by atoms with Crippen LogP contribution in [-0.2, 0) is 11.3 Å². The molecule has 0 atom stereocenters. The van der Waals surface area contributed by atoms with Crippen LogP contribution in [0.15, 0.2) is 17.1 Å². The number of amides is 1. The van der Waals surface area contributed by atoms with E-state index in [-0.39, 0.29) is 25.0 Å². The van der Waals surface area contributed by atoms with E-state index in [0.29, 0.717) is 36.1 Å². The first-order valence-corrected chi connectivity index (χ1v) is 8.88. The SMILES string of the molecule is CCNC(=NCc1cc2c(cc1OC(F)F)OCO2)NCC(C)(C)C(=O)NC. The van der Waals surface area contributed by atoms with E-state index in [2.05, 4.69) is 25.7 Å². The van der Waals surface area contributed by atoms with E-state index in [1.54, 1.807) is 27.0 Å². The highest BCUT2D eigenvalue weighted by Crippen LogP contribution is 2.39. The first kappa shape index (κ1) is 21.5. The minimum absolute atomic E-state index is 0.0228. The van der Waals surface area contributed by atoms with Gasteiger partial charge >= 0.3 is 6.61 Å². The fourth-order valence-electron chi connectivity index (χ4n) is 2.52. The quantitative estimate of drug-likeness (QED) is 0.456. The maximum atomic E-state index is 12.7. The van der Waals surface area contributed by atoms with Crippen LogP contribution in [0.2, 0.25) is 0 Å². The highest BCUT2D eigenvalue weighted by Gasteiger charge is 2.26. The Morgan fingerprint density at radius 1 is 1.29 bits per heavy atom. The minimum atomic E-state index is -2.97. The summed E-state index contributed by atoms with van der Waals surface area (Å²) in [4.78, 5) is 16.3. The molecule has 1 aromatic carbocycles. The molecule has 0 fully saturated rings. The van der Waals surface area contributed by atoms with E-state index in [4.69, 9.17) is 9.47 Å². The van der Waals surface area contributed by atoms with E-state index in [1.165, 1.54) is 6.07 Å². The highest BCUT2D eigenvalue weighted by atomic mass is 19.3. The molecular weight excluding hydrogens is 374 g/mol. The third-order valence-corrected chi connectivity index (χ3v) is 4.06. The van der Waals surface area contributed by atoms with Gasteiger partial charge in [-0.3, -0.25) is 4.79 Å². The topological polar surface area (TPSA) is 93.2 Å². The van der Waals surface area contributed by atoms with E-state index in [1.807, 2.05) is 6.92 Å². The van der Waals surface area contributed by atoms with Gasteiger partial charge in [-0.1, -0.05) is 0 Å². The molecule has 1 aromatic rings. The zero-order valence-corrected chi connectivity index (χ0v) is 16.4. The number of halogens is 2. The van der Waals surface area contributed by atoms with Crippen LogP contribution in [0.5, 0.6) is 17.2 Å². The second kappa shape index (κ2) is 9.43. The number of nitrogens with one attached hydrogen (secondary N) is 3. The van der Waals surface area contributed by atoms with Crippen molar-refractivity contribution in [3.8, 4) is 17.2 Å². The van der Waals surface area contributed by atoms with Crippen molar-refractivity contribution in [2.75, 3.05) is 26.9 Å². The second-order valence-corrected chi connectivity index (χ2v) is 6.70. The number of alkyl halides is 2. The van der Waals surface area contributed by atoms with Gasteiger partial charge in [0.05, 0.1) is 12.0 Å². The number of aliphatic imine (C=N–C) groups is 1. The van der Waals surface area contributed by atoms with Gasteiger partial charge < -0.3 is 30.2 Å². The largest absolute Gasteiger partial charge is 0.454 e. The van der Waals surface area contributed by atoms with Gasteiger partial charge in [-0.25, -0.2) is 4.99 Å². The Bertz CT molecular complexity index is 726. The molecule has 156 valence electrons. The number of benzene rings is 1. The minimum Gasteiger partial charge on any atom is -0.454 e. The lowest BCUT2D eigenvalue weighted by atomic mass is 9.92. The summed E-state index contributed by atoms with van der Waals surface area (Å²) < 4.78 is 40.6. The molecule has 0 radical (unpaired) electrons. The molecule has 10 heteroatoms. The van der Waals surface area contributed by atoms with Crippen LogP contribution in [0.1, 0.15) is 26.3 Å². The van der Waals surface area contributed by atoms with Gasteiger partial charge in [0.2, 0.25) is 12.7 Å². The lowest BCUT2D eigenvalue weighted by Crippen LogP contribution is -2.47. The van der Waals surface area contributed by atoms with Crippen molar-refractivity contribution in [2.24, 2.45) is 10.4 Å². The standard InChI is InChI=1S/C18H26F2N4O4/c1-5-22-17(24-9-18(2,3)15(25)21-4)23-8-11-6-13-14(27-10-26-13)7-12(11)28-16(19)20/h6-7,16H,5,8-10H2,1-4H3,(H,21,25)(H2,22,23,24). The number of guanidine groups is 1. The number of hydrogen-bond acceptors (Lipinski definition) is 5. The van der Waals surface area contributed by atoms with Gasteiger partial charge in [0.25, 0.3) is 0 Å². The van der Waals surface area contributed by atoms with E-state index in [9.17, 15) is 13.6 Å². The Labute approximate surface area is 162 Å². The van der Waals surface area contributed by atoms with Crippen molar-refractivity contribution in [2.45, 2.75) is 33.9 Å². The number of ether oxygens (including phenoxy) is 3. The smallest absolute Gasteiger partial charge is 0.387 e. The molecule has 1 amide bonds. The molecule has 1 aliphatic heterocycles. The van der Waals surface area contributed by atoms with Gasteiger partial charge in [0, 0.05) is 31.8 Å². The van der Waals surface area contributed by atoms with Crippen LogP contribution in [0.25, 0.3) is 0 Å². The summed E-state index contributed by atoms with van der Waals surface area (Å²) in [5.74, 6) is 1.11. The van der Waals surface area contributed by atoms with Gasteiger partial charge in [-0.15, -0.1) is 0 Å². The normalized spacial score (nSPS) is 13.5. The number of carbonyl (C=O) groups excluding carboxylic acids is 1. The zero-order valence-electron chi connectivity index (χ0n) is 16.4.